The second-order valence-corrected chi connectivity index (χ2v) is 4.18. The SMILES string of the molecule is CCC1CCC2CCC2C1. The standard InChI is InChI=1S/C10H18/c1-2-8-3-4-9-5-6-10(9)7-8/h8-10H,2-7H2,1H3. The van der Waals surface area contributed by atoms with Crippen LogP contribution in [0.1, 0.15) is 45.4 Å². The van der Waals surface area contributed by atoms with Gasteiger partial charge in [-0.2, -0.15) is 0 Å². The molecule has 0 aliphatic heterocycles. The molecule has 2 fully saturated rings. The lowest BCUT2D eigenvalue weighted by atomic mass is 9.62. The van der Waals surface area contributed by atoms with Gasteiger partial charge in [0.25, 0.3) is 0 Å². The quantitative estimate of drug-likeness (QED) is 0.522. The highest BCUT2D eigenvalue weighted by Crippen LogP contribution is 2.47. The molecular weight excluding hydrogens is 120 g/mol. The van der Waals surface area contributed by atoms with E-state index in [9.17, 15) is 0 Å². The third-order valence-corrected chi connectivity index (χ3v) is 3.73. The van der Waals surface area contributed by atoms with Gasteiger partial charge in [0.05, 0.1) is 0 Å². The molecule has 0 aromatic rings. The Bertz CT molecular complexity index is 115. The summed E-state index contributed by atoms with van der Waals surface area (Å²) in [6, 6.07) is 0. The molecule has 3 atom stereocenters. The molecule has 0 spiro atoms. The topological polar surface area (TPSA) is 0 Å². The van der Waals surface area contributed by atoms with E-state index in [1.54, 1.807) is 25.7 Å². The van der Waals surface area contributed by atoms with Crippen LogP contribution in [-0.4, -0.2) is 0 Å². The maximum atomic E-state index is 2.35. The summed E-state index contributed by atoms with van der Waals surface area (Å²) >= 11 is 0. The second kappa shape index (κ2) is 2.56. The predicted octanol–water partition coefficient (Wildman–Crippen LogP) is 3.22. The Morgan fingerprint density at radius 3 is 2.20 bits per heavy atom. The zero-order valence-electron chi connectivity index (χ0n) is 6.97. The van der Waals surface area contributed by atoms with Gasteiger partial charge in [0.1, 0.15) is 0 Å². The molecule has 2 saturated carbocycles. The van der Waals surface area contributed by atoms with E-state index in [0.29, 0.717) is 0 Å². The molecule has 0 bridgehead atoms. The lowest BCUT2D eigenvalue weighted by Crippen LogP contribution is -2.32. The fraction of sp³-hybridized carbons (Fsp3) is 1.00. The fourth-order valence-corrected chi connectivity index (χ4v) is 2.69. The van der Waals surface area contributed by atoms with Gasteiger partial charge in [-0.25, -0.2) is 0 Å². The first kappa shape index (κ1) is 6.69. The largest absolute Gasteiger partial charge is 0.0651 e. The van der Waals surface area contributed by atoms with Gasteiger partial charge in [-0.15, -0.1) is 0 Å². The first-order valence-corrected chi connectivity index (χ1v) is 4.90. The van der Waals surface area contributed by atoms with Crippen LogP contribution >= 0.6 is 0 Å². The molecule has 0 nitrogen and oxygen atoms in total. The van der Waals surface area contributed by atoms with Crippen LogP contribution in [0.15, 0.2) is 0 Å². The van der Waals surface area contributed by atoms with Crippen molar-refractivity contribution in [2.45, 2.75) is 45.4 Å². The van der Waals surface area contributed by atoms with Crippen LogP contribution in [0.4, 0.5) is 0 Å². The monoisotopic (exact) mass is 138 g/mol. The third-order valence-electron chi connectivity index (χ3n) is 3.73. The van der Waals surface area contributed by atoms with Gasteiger partial charge in [0.2, 0.25) is 0 Å². The Balaban J connectivity index is 1.86. The van der Waals surface area contributed by atoms with Crippen LogP contribution in [0.5, 0.6) is 0 Å². The highest BCUT2D eigenvalue weighted by atomic mass is 14.4. The lowest BCUT2D eigenvalue weighted by molar-refractivity contribution is 0.0784. The molecule has 0 radical (unpaired) electrons. The Morgan fingerprint density at radius 1 is 1.00 bits per heavy atom. The fourth-order valence-electron chi connectivity index (χ4n) is 2.69. The first-order chi connectivity index (χ1) is 4.90. The number of rotatable bonds is 1. The summed E-state index contributed by atoms with van der Waals surface area (Å²) < 4.78 is 0. The molecule has 0 N–H and O–H groups in total. The van der Waals surface area contributed by atoms with E-state index in [0.717, 1.165) is 5.92 Å². The Hall–Kier alpha value is 0. The third kappa shape index (κ3) is 0.980. The van der Waals surface area contributed by atoms with Gasteiger partial charge in [0, 0.05) is 0 Å². The van der Waals surface area contributed by atoms with Crippen molar-refractivity contribution in [2.24, 2.45) is 17.8 Å². The molecule has 0 aromatic heterocycles. The maximum Gasteiger partial charge on any atom is -0.0383 e. The molecule has 0 heteroatoms. The highest BCUT2D eigenvalue weighted by molar-refractivity contribution is 4.86. The van der Waals surface area contributed by atoms with E-state index in [2.05, 4.69) is 6.92 Å². The summed E-state index contributed by atoms with van der Waals surface area (Å²) in [5.74, 6) is 3.43. The van der Waals surface area contributed by atoms with Gasteiger partial charge in [-0.1, -0.05) is 19.8 Å². The Morgan fingerprint density at radius 2 is 1.70 bits per heavy atom. The summed E-state index contributed by atoms with van der Waals surface area (Å²) in [5, 5.41) is 0. The smallest absolute Gasteiger partial charge is 0.0383 e. The van der Waals surface area contributed by atoms with E-state index >= 15 is 0 Å². The minimum absolute atomic E-state index is 1.10. The van der Waals surface area contributed by atoms with Gasteiger partial charge in [-0.05, 0) is 43.4 Å². The van der Waals surface area contributed by atoms with Crippen LogP contribution in [0.2, 0.25) is 0 Å². The molecule has 2 aliphatic carbocycles. The molecule has 58 valence electrons. The molecule has 0 amide bonds. The molecule has 2 rings (SSSR count). The van der Waals surface area contributed by atoms with Crippen LogP contribution < -0.4 is 0 Å². The molecule has 0 heterocycles. The van der Waals surface area contributed by atoms with Crippen molar-refractivity contribution in [1.82, 2.24) is 0 Å². The first-order valence-electron chi connectivity index (χ1n) is 4.90. The molecule has 0 aromatic carbocycles. The summed E-state index contributed by atoms with van der Waals surface area (Å²) in [6.07, 6.45) is 9.22. The molecule has 3 unspecified atom stereocenters. The Kier molecular flexibility index (Phi) is 1.71. The van der Waals surface area contributed by atoms with Crippen LogP contribution in [0.3, 0.4) is 0 Å². The Labute approximate surface area is 64.0 Å². The minimum Gasteiger partial charge on any atom is -0.0651 e. The van der Waals surface area contributed by atoms with Crippen LogP contribution in [0, 0.1) is 17.8 Å². The summed E-state index contributed by atoms with van der Waals surface area (Å²) in [4.78, 5) is 0. The predicted molar refractivity (Wildman–Crippen MR) is 43.8 cm³/mol. The summed E-state index contributed by atoms with van der Waals surface area (Å²) in [7, 11) is 0. The normalized spacial score (nSPS) is 45.9. The zero-order chi connectivity index (χ0) is 6.97. The van der Waals surface area contributed by atoms with Gasteiger partial charge in [0.15, 0.2) is 0 Å². The van der Waals surface area contributed by atoms with E-state index in [-0.39, 0.29) is 0 Å². The average molecular weight is 138 g/mol. The van der Waals surface area contributed by atoms with Crippen molar-refractivity contribution in [3.63, 3.8) is 0 Å². The lowest BCUT2D eigenvalue weighted by Gasteiger charge is -2.43. The molecule has 0 saturated heterocycles. The van der Waals surface area contributed by atoms with E-state index in [4.69, 9.17) is 0 Å². The van der Waals surface area contributed by atoms with Crippen molar-refractivity contribution in [2.75, 3.05) is 0 Å². The average Bonchev–Trinajstić information content (AvgIpc) is 1.92. The van der Waals surface area contributed by atoms with Crippen molar-refractivity contribution in [3.05, 3.63) is 0 Å². The van der Waals surface area contributed by atoms with Crippen LogP contribution in [-0.2, 0) is 0 Å². The zero-order valence-corrected chi connectivity index (χ0v) is 6.97. The van der Waals surface area contributed by atoms with E-state index in [1.807, 2.05) is 0 Å². The maximum absolute atomic E-state index is 2.35. The van der Waals surface area contributed by atoms with E-state index in [1.165, 1.54) is 24.7 Å². The molecular formula is C10H18. The van der Waals surface area contributed by atoms with Gasteiger partial charge in [-0.3, -0.25) is 0 Å². The highest BCUT2D eigenvalue weighted by Gasteiger charge is 2.35. The van der Waals surface area contributed by atoms with Gasteiger partial charge < -0.3 is 0 Å². The van der Waals surface area contributed by atoms with Crippen molar-refractivity contribution in [3.8, 4) is 0 Å². The second-order valence-electron chi connectivity index (χ2n) is 4.18. The van der Waals surface area contributed by atoms with Crippen molar-refractivity contribution >= 4 is 0 Å². The van der Waals surface area contributed by atoms with Crippen molar-refractivity contribution in [1.29, 1.82) is 0 Å². The van der Waals surface area contributed by atoms with Crippen molar-refractivity contribution < 1.29 is 0 Å². The molecule has 10 heavy (non-hydrogen) atoms. The molecule has 2 aliphatic rings. The summed E-state index contributed by atoms with van der Waals surface area (Å²) in [5.41, 5.74) is 0. The van der Waals surface area contributed by atoms with E-state index < -0.39 is 0 Å². The van der Waals surface area contributed by atoms with Crippen LogP contribution in [0.25, 0.3) is 0 Å². The number of fused-ring (bicyclic) bond motifs is 1. The number of hydrogen-bond acceptors (Lipinski definition) is 0. The number of hydrogen-bond donors (Lipinski definition) is 0. The van der Waals surface area contributed by atoms with Gasteiger partial charge >= 0.3 is 0 Å². The minimum atomic E-state index is 1.10. The summed E-state index contributed by atoms with van der Waals surface area (Å²) in [6.45, 7) is 2.35.